The van der Waals surface area contributed by atoms with Gasteiger partial charge in [0.1, 0.15) is 22.8 Å². The average molecular weight is 647 g/mol. The number of anilines is 4. The van der Waals surface area contributed by atoms with Crippen LogP contribution in [-0.4, -0.2) is 54.3 Å². The lowest BCUT2D eigenvalue weighted by Crippen LogP contribution is -2.25. The van der Waals surface area contributed by atoms with E-state index in [1.165, 1.54) is 33.4 Å². The summed E-state index contributed by atoms with van der Waals surface area (Å²) in [4.78, 5) is 63.2. The zero-order chi connectivity index (χ0) is 33.7. The standard InChI is InChI=1S/C30H31ClN10O5/c1-17(31)26(42)34-18-10-23(39(3)13-18)28(44)36-20-12-25(41(5)15-20)30(46)37-21-11-24(40(4)16-21)29(45)35-19-9-22(38(2)14-19)27(43)33-8-6-7-32/h9-16H,1,6,8H2,2-5H3,(H,33,43)(H,34,42)(H,35,45)(H,36,44)(H,37,46). The van der Waals surface area contributed by atoms with Crippen LogP contribution in [0.3, 0.4) is 0 Å². The third-order valence-corrected chi connectivity index (χ3v) is 6.92. The number of aromatic nitrogens is 4. The maximum Gasteiger partial charge on any atom is 0.272 e. The summed E-state index contributed by atoms with van der Waals surface area (Å²) in [5.41, 5.74) is 2.48. The Bertz CT molecular complexity index is 1920. The molecule has 15 nitrogen and oxygen atoms in total. The first-order valence-corrected chi connectivity index (χ1v) is 14.1. The molecule has 0 radical (unpaired) electrons. The molecule has 0 fully saturated rings. The Morgan fingerprint density at radius 1 is 0.652 bits per heavy atom. The first-order chi connectivity index (χ1) is 21.8. The van der Waals surface area contributed by atoms with Gasteiger partial charge in [-0.15, -0.1) is 0 Å². The molecule has 16 heteroatoms. The highest BCUT2D eigenvalue weighted by atomic mass is 35.5. The molecule has 5 N–H and O–H groups in total. The predicted octanol–water partition coefficient (Wildman–Crippen LogP) is 3.13. The minimum absolute atomic E-state index is 0.180. The Morgan fingerprint density at radius 3 is 1.30 bits per heavy atom. The number of halogens is 1. The number of carbonyl (C=O) groups is 5. The van der Waals surface area contributed by atoms with Gasteiger partial charge in [-0.1, -0.05) is 18.2 Å². The van der Waals surface area contributed by atoms with Gasteiger partial charge in [0, 0.05) is 59.5 Å². The Kier molecular flexibility index (Phi) is 9.83. The fraction of sp³-hybridized carbons (Fsp3) is 0.200. The Morgan fingerprint density at radius 2 is 0.978 bits per heavy atom. The van der Waals surface area contributed by atoms with E-state index in [0.717, 1.165) is 0 Å². The number of nitriles is 1. The molecule has 0 aliphatic rings. The van der Waals surface area contributed by atoms with Crippen LogP contribution in [0.25, 0.3) is 0 Å². The van der Waals surface area contributed by atoms with Crippen molar-refractivity contribution >= 4 is 63.9 Å². The second kappa shape index (κ2) is 13.7. The first-order valence-electron chi connectivity index (χ1n) is 13.7. The van der Waals surface area contributed by atoms with Gasteiger partial charge in [0.2, 0.25) is 0 Å². The summed E-state index contributed by atoms with van der Waals surface area (Å²) < 4.78 is 6.16. The quantitative estimate of drug-likeness (QED) is 0.123. The summed E-state index contributed by atoms with van der Waals surface area (Å²) in [7, 11) is 6.58. The van der Waals surface area contributed by atoms with Crippen molar-refractivity contribution in [3.8, 4) is 6.07 Å². The van der Waals surface area contributed by atoms with Crippen molar-refractivity contribution in [1.29, 1.82) is 5.26 Å². The lowest BCUT2D eigenvalue weighted by molar-refractivity contribution is -0.112. The van der Waals surface area contributed by atoms with Crippen LogP contribution in [0.2, 0.25) is 0 Å². The summed E-state index contributed by atoms with van der Waals surface area (Å²) in [6, 6.07) is 7.94. The van der Waals surface area contributed by atoms with Gasteiger partial charge >= 0.3 is 0 Å². The highest BCUT2D eigenvalue weighted by molar-refractivity contribution is 6.43. The van der Waals surface area contributed by atoms with Crippen LogP contribution in [0.15, 0.2) is 60.7 Å². The maximum atomic E-state index is 13.1. The summed E-state index contributed by atoms with van der Waals surface area (Å²) in [6.07, 6.45) is 6.45. The van der Waals surface area contributed by atoms with Crippen molar-refractivity contribution in [3.63, 3.8) is 0 Å². The van der Waals surface area contributed by atoms with Gasteiger partial charge in [-0.05, 0) is 24.3 Å². The number of aryl methyl sites for hydroxylation is 4. The van der Waals surface area contributed by atoms with E-state index in [4.69, 9.17) is 16.9 Å². The second-order valence-corrected chi connectivity index (χ2v) is 10.7. The molecule has 4 heterocycles. The van der Waals surface area contributed by atoms with Crippen LogP contribution >= 0.6 is 11.6 Å². The van der Waals surface area contributed by atoms with Crippen LogP contribution < -0.4 is 26.6 Å². The topological polar surface area (TPSA) is 189 Å². The van der Waals surface area contributed by atoms with E-state index >= 15 is 0 Å². The molecule has 238 valence electrons. The minimum atomic E-state index is -0.593. The maximum absolute atomic E-state index is 13.1. The molecule has 5 amide bonds. The molecule has 0 saturated carbocycles. The monoisotopic (exact) mass is 646 g/mol. The number of rotatable bonds is 11. The number of hydrogen-bond donors (Lipinski definition) is 5. The van der Waals surface area contributed by atoms with Crippen LogP contribution in [0.5, 0.6) is 0 Å². The SMILES string of the molecule is C=C(Cl)C(=O)Nc1cc(C(=O)Nc2cc(C(=O)Nc3cc(C(=O)Nc4cc(C(=O)NCCC#N)n(C)c4)n(C)c3)n(C)c2)n(C)c1. The molecule has 4 aromatic heterocycles. The van der Waals surface area contributed by atoms with E-state index in [-0.39, 0.29) is 41.0 Å². The van der Waals surface area contributed by atoms with Crippen molar-refractivity contribution in [3.05, 3.63) is 83.4 Å². The highest BCUT2D eigenvalue weighted by Crippen LogP contribution is 2.21. The molecule has 0 unspecified atom stereocenters. The molecule has 4 rings (SSSR count). The number of carbonyl (C=O) groups excluding carboxylic acids is 5. The van der Waals surface area contributed by atoms with Crippen LogP contribution in [0, 0.1) is 11.3 Å². The summed E-state index contributed by atoms with van der Waals surface area (Å²) in [5.74, 6) is -2.40. The molecular formula is C30H31ClN10O5. The zero-order valence-corrected chi connectivity index (χ0v) is 26.2. The minimum Gasteiger partial charge on any atom is -0.350 e. The van der Waals surface area contributed by atoms with Gasteiger partial charge in [0.25, 0.3) is 29.5 Å². The van der Waals surface area contributed by atoms with Gasteiger partial charge in [-0.3, -0.25) is 24.0 Å². The average Bonchev–Trinajstić information content (AvgIpc) is 3.74. The first kappa shape index (κ1) is 32.9. The summed E-state index contributed by atoms with van der Waals surface area (Å²) in [6.45, 7) is 3.57. The van der Waals surface area contributed by atoms with Gasteiger partial charge in [0.15, 0.2) is 0 Å². The van der Waals surface area contributed by atoms with Crippen LogP contribution in [0.1, 0.15) is 48.4 Å². The molecule has 0 atom stereocenters. The van der Waals surface area contributed by atoms with Gasteiger partial charge in [-0.2, -0.15) is 5.26 Å². The Hall–Kier alpha value is -6.01. The summed E-state index contributed by atoms with van der Waals surface area (Å²) in [5, 5.41) is 21.9. The predicted molar refractivity (Wildman–Crippen MR) is 172 cm³/mol. The highest BCUT2D eigenvalue weighted by Gasteiger charge is 2.20. The lowest BCUT2D eigenvalue weighted by Gasteiger charge is -2.03. The second-order valence-electron chi connectivity index (χ2n) is 10.3. The van der Waals surface area contributed by atoms with E-state index < -0.39 is 23.6 Å². The molecule has 0 bridgehead atoms. The number of nitrogens with zero attached hydrogens (tertiary/aromatic N) is 5. The van der Waals surface area contributed by atoms with Crippen molar-refractivity contribution in [2.24, 2.45) is 28.2 Å². The number of hydrogen-bond acceptors (Lipinski definition) is 6. The van der Waals surface area contributed by atoms with Crippen molar-refractivity contribution in [2.75, 3.05) is 27.8 Å². The molecule has 0 saturated heterocycles. The normalized spacial score (nSPS) is 10.5. The summed E-state index contributed by atoms with van der Waals surface area (Å²) >= 11 is 5.61. The van der Waals surface area contributed by atoms with Crippen LogP contribution in [0.4, 0.5) is 22.7 Å². The van der Waals surface area contributed by atoms with Crippen LogP contribution in [-0.2, 0) is 33.0 Å². The molecule has 4 aromatic rings. The Labute approximate surface area is 268 Å². The fourth-order valence-electron chi connectivity index (χ4n) is 4.54. The van der Waals surface area contributed by atoms with Crippen molar-refractivity contribution in [1.82, 2.24) is 23.6 Å². The third kappa shape index (κ3) is 7.55. The largest absolute Gasteiger partial charge is 0.350 e. The van der Waals surface area contributed by atoms with E-state index in [0.29, 0.717) is 28.4 Å². The van der Waals surface area contributed by atoms with Crippen molar-refractivity contribution < 1.29 is 24.0 Å². The number of amides is 5. The smallest absolute Gasteiger partial charge is 0.272 e. The van der Waals surface area contributed by atoms with Gasteiger partial charge in [-0.25, -0.2) is 0 Å². The molecule has 0 aromatic carbocycles. The van der Waals surface area contributed by atoms with E-state index in [2.05, 4.69) is 33.2 Å². The van der Waals surface area contributed by atoms with E-state index in [1.807, 2.05) is 6.07 Å². The molecule has 0 spiro atoms. The van der Waals surface area contributed by atoms with Crippen molar-refractivity contribution in [2.45, 2.75) is 6.42 Å². The molecule has 46 heavy (non-hydrogen) atoms. The molecular weight excluding hydrogens is 616 g/mol. The molecule has 0 aliphatic carbocycles. The van der Waals surface area contributed by atoms with Gasteiger partial charge in [0.05, 0.1) is 40.3 Å². The fourth-order valence-corrected chi connectivity index (χ4v) is 4.59. The van der Waals surface area contributed by atoms with E-state index in [1.54, 1.807) is 62.1 Å². The van der Waals surface area contributed by atoms with E-state index in [9.17, 15) is 24.0 Å². The zero-order valence-electron chi connectivity index (χ0n) is 25.4. The Balaban J connectivity index is 1.39. The van der Waals surface area contributed by atoms with Gasteiger partial charge < -0.3 is 44.9 Å². The number of nitrogens with one attached hydrogen (secondary N) is 5. The molecule has 0 aliphatic heterocycles. The lowest BCUT2D eigenvalue weighted by atomic mass is 10.3. The third-order valence-electron chi connectivity index (χ3n) is 6.75.